The average molecular weight is 181 g/mol. The van der Waals surface area contributed by atoms with Crippen molar-refractivity contribution in [1.82, 2.24) is 5.32 Å². The third-order valence-corrected chi connectivity index (χ3v) is 4.13. The van der Waals surface area contributed by atoms with Gasteiger partial charge in [0.2, 0.25) is 0 Å². The van der Waals surface area contributed by atoms with Gasteiger partial charge in [-0.1, -0.05) is 26.2 Å². The molecule has 1 saturated carbocycles. The Bertz CT molecular complexity index is 159. The number of nitrogens with one attached hydrogen (secondary N) is 1. The summed E-state index contributed by atoms with van der Waals surface area (Å²) in [5, 5.41) is 3.59. The Labute approximate surface area is 82.3 Å². The fraction of sp³-hybridized carbons (Fsp3) is 1.00. The molecule has 2 rings (SSSR count). The molecule has 1 nitrogen and oxygen atoms in total. The predicted molar refractivity (Wildman–Crippen MR) is 56.8 cm³/mol. The Kier molecular flexibility index (Phi) is 2.92. The molecule has 1 saturated heterocycles. The summed E-state index contributed by atoms with van der Waals surface area (Å²) >= 11 is 0. The first-order chi connectivity index (χ1) is 6.31. The SMILES string of the molecule is CC1CCCC2(CCCNC2)CC1. The van der Waals surface area contributed by atoms with Gasteiger partial charge in [-0.15, -0.1) is 0 Å². The molecule has 1 heterocycles. The van der Waals surface area contributed by atoms with Crippen molar-refractivity contribution < 1.29 is 0 Å². The highest BCUT2D eigenvalue weighted by Gasteiger charge is 2.33. The first-order valence-electron chi connectivity index (χ1n) is 6.02. The third kappa shape index (κ3) is 2.25. The van der Waals surface area contributed by atoms with Crippen molar-refractivity contribution in [3.8, 4) is 0 Å². The molecule has 2 unspecified atom stereocenters. The Balaban J connectivity index is 1.95. The molecule has 1 heteroatoms. The molecule has 1 spiro atoms. The molecule has 0 bridgehead atoms. The normalized spacial score (nSPS) is 41.8. The van der Waals surface area contributed by atoms with Crippen molar-refractivity contribution in [3.63, 3.8) is 0 Å². The highest BCUT2D eigenvalue weighted by atomic mass is 14.9. The number of hydrogen-bond acceptors (Lipinski definition) is 1. The van der Waals surface area contributed by atoms with Crippen LogP contribution in [0.25, 0.3) is 0 Å². The van der Waals surface area contributed by atoms with Gasteiger partial charge >= 0.3 is 0 Å². The van der Waals surface area contributed by atoms with E-state index in [1.807, 2.05) is 0 Å². The van der Waals surface area contributed by atoms with Crippen LogP contribution in [0.2, 0.25) is 0 Å². The van der Waals surface area contributed by atoms with Gasteiger partial charge in [0.25, 0.3) is 0 Å². The van der Waals surface area contributed by atoms with Gasteiger partial charge in [-0.2, -0.15) is 0 Å². The number of piperidine rings is 1. The van der Waals surface area contributed by atoms with Crippen LogP contribution in [0.15, 0.2) is 0 Å². The van der Waals surface area contributed by atoms with Crippen molar-refractivity contribution in [2.75, 3.05) is 13.1 Å². The first kappa shape index (κ1) is 9.51. The summed E-state index contributed by atoms with van der Waals surface area (Å²) < 4.78 is 0. The molecule has 0 aromatic carbocycles. The molecule has 1 N–H and O–H groups in total. The highest BCUT2D eigenvalue weighted by Crippen LogP contribution is 2.41. The van der Waals surface area contributed by atoms with E-state index in [9.17, 15) is 0 Å². The predicted octanol–water partition coefficient (Wildman–Crippen LogP) is 2.96. The van der Waals surface area contributed by atoms with Crippen LogP contribution in [-0.4, -0.2) is 13.1 Å². The summed E-state index contributed by atoms with van der Waals surface area (Å²) in [7, 11) is 0. The number of rotatable bonds is 0. The maximum Gasteiger partial charge on any atom is 0.000781 e. The van der Waals surface area contributed by atoms with Gasteiger partial charge in [0.05, 0.1) is 0 Å². The minimum absolute atomic E-state index is 0.711. The molecule has 0 aromatic rings. The van der Waals surface area contributed by atoms with Crippen molar-refractivity contribution >= 4 is 0 Å². The minimum atomic E-state index is 0.711. The second kappa shape index (κ2) is 4.00. The van der Waals surface area contributed by atoms with Crippen molar-refractivity contribution in [1.29, 1.82) is 0 Å². The van der Waals surface area contributed by atoms with E-state index in [-0.39, 0.29) is 0 Å². The van der Waals surface area contributed by atoms with Crippen LogP contribution < -0.4 is 5.32 Å². The van der Waals surface area contributed by atoms with Gasteiger partial charge in [0.15, 0.2) is 0 Å². The lowest BCUT2D eigenvalue weighted by Crippen LogP contribution is -2.39. The zero-order valence-corrected chi connectivity index (χ0v) is 8.94. The third-order valence-electron chi connectivity index (χ3n) is 4.13. The van der Waals surface area contributed by atoms with Crippen LogP contribution in [0, 0.1) is 11.3 Å². The Morgan fingerprint density at radius 2 is 1.92 bits per heavy atom. The van der Waals surface area contributed by atoms with E-state index >= 15 is 0 Å². The smallest absolute Gasteiger partial charge is 0.000781 e. The van der Waals surface area contributed by atoms with Crippen LogP contribution in [0.1, 0.15) is 51.9 Å². The van der Waals surface area contributed by atoms with E-state index in [2.05, 4.69) is 12.2 Å². The standard InChI is InChI=1S/C12H23N/c1-11-4-2-6-12(8-5-11)7-3-9-13-10-12/h11,13H,2-10H2,1H3. The Morgan fingerprint density at radius 1 is 1.08 bits per heavy atom. The second-order valence-electron chi connectivity index (χ2n) is 5.32. The Morgan fingerprint density at radius 3 is 2.69 bits per heavy atom. The Hall–Kier alpha value is -0.0400. The van der Waals surface area contributed by atoms with Gasteiger partial charge in [-0.3, -0.25) is 0 Å². The van der Waals surface area contributed by atoms with Crippen molar-refractivity contribution in [2.24, 2.45) is 11.3 Å². The molecule has 76 valence electrons. The maximum atomic E-state index is 3.59. The van der Waals surface area contributed by atoms with E-state index in [0.717, 1.165) is 5.92 Å². The lowest BCUT2D eigenvalue weighted by Gasteiger charge is -2.37. The van der Waals surface area contributed by atoms with E-state index in [1.54, 1.807) is 0 Å². The summed E-state index contributed by atoms with van der Waals surface area (Å²) in [6.07, 6.45) is 10.3. The fourth-order valence-electron chi connectivity index (χ4n) is 3.10. The largest absolute Gasteiger partial charge is 0.316 e. The summed E-state index contributed by atoms with van der Waals surface area (Å²) in [6.45, 7) is 4.99. The molecule has 0 radical (unpaired) electrons. The van der Waals surface area contributed by atoms with Crippen molar-refractivity contribution in [3.05, 3.63) is 0 Å². The zero-order valence-electron chi connectivity index (χ0n) is 8.94. The van der Waals surface area contributed by atoms with E-state index in [1.165, 1.54) is 58.0 Å². The summed E-state index contributed by atoms with van der Waals surface area (Å²) in [5.41, 5.74) is 0.711. The first-order valence-corrected chi connectivity index (χ1v) is 6.02. The van der Waals surface area contributed by atoms with Crippen LogP contribution in [-0.2, 0) is 0 Å². The molecule has 1 aliphatic heterocycles. The van der Waals surface area contributed by atoms with E-state index in [4.69, 9.17) is 0 Å². The average Bonchev–Trinajstić information content (AvgIpc) is 2.32. The van der Waals surface area contributed by atoms with Gasteiger partial charge < -0.3 is 5.32 Å². The molecule has 0 aromatic heterocycles. The topological polar surface area (TPSA) is 12.0 Å². The van der Waals surface area contributed by atoms with Crippen LogP contribution in [0.4, 0.5) is 0 Å². The van der Waals surface area contributed by atoms with E-state index < -0.39 is 0 Å². The lowest BCUT2D eigenvalue weighted by atomic mass is 9.74. The number of hydrogen-bond donors (Lipinski definition) is 1. The summed E-state index contributed by atoms with van der Waals surface area (Å²) in [4.78, 5) is 0. The maximum absolute atomic E-state index is 3.59. The molecule has 2 aliphatic rings. The van der Waals surface area contributed by atoms with Crippen LogP contribution in [0.3, 0.4) is 0 Å². The highest BCUT2D eigenvalue weighted by molar-refractivity contribution is 4.87. The van der Waals surface area contributed by atoms with Crippen LogP contribution >= 0.6 is 0 Å². The molecule has 13 heavy (non-hydrogen) atoms. The molecule has 1 aliphatic carbocycles. The quantitative estimate of drug-likeness (QED) is 0.606. The van der Waals surface area contributed by atoms with Gasteiger partial charge in [-0.25, -0.2) is 0 Å². The molecule has 2 atom stereocenters. The van der Waals surface area contributed by atoms with Gasteiger partial charge in [0.1, 0.15) is 0 Å². The summed E-state index contributed by atoms with van der Waals surface area (Å²) in [6, 6.07) is 0. The van der Waals surface area contributed by atoms with Crippen LogP contribution in [0.5, 0.6) is 0 Å². The molecular formula is C12H23N. The monoisotopic (exact) mass is 181 g/mol. The zero-order chi connectivity index (χ0) is 9.15. The molecule has 2 fully saturated rings. The minimum Gasteiger partial charge on any atom is -0.316 e. The second-order valence-corrected chi connectivity index (χ2v) is 5.32. The van der Waals surface area contributed by atoms with Gasteiger partial charge in [0, 0.05) is 6.54 Å². The molecule has 0 amide bonds. The van der Waals surface area contributed by atoms with Gasteiger partial charge in [-0.05, 0) is 43.6 Å². The summed E-state index contributed by atoms with van der Waals surface area (Å²) in [5.74, 6) is 0.987. The van der Waals surface area contributed by atoms with Crippen molar-refractivity contribution in [2.45, 2.75) is 51.9 Å². The molecular weight excluding hydrogens is 158 g/mol. The van der Waals surface area contributed by atoms with E-state index in [0.29, 0.717) is 5.41 Å². The fourth-order valence-corrected chi connectivity index (χ4v) is 3.10. The lowest BCUT2D eigenvalue weighted by molar-refractivity contribution is 0.177.